The van der Waals surface area contributed by atoms with Crippen LogP contribution in [0.2, 0.25) is 0 Å². The zero-order valence-corrected chi connectivity index (χ0v) is 16.9. The second-order valence-electron chi connectivity index (χ2n) is 6.85. The SMILES string of the molecule is Cc1ccc(P(Cl)(c2ccccc2)(c2ccccc2)c2ccccc2)cc1. The molecular weight excluding hydrogens is 367 g/mol. The van der Waals surface area contributed by atoms with Crippen molar-refractivity contribution in [3.05, 3.63) is 121 Å². The van der Waals surface area contributed by atoms with Crippen LogP contribution in [0.3, 0.4) is 0 Å². The quantitative estimate of drug-likeness (QED) is 0.416. The molecule has 0 aromatic heterocycles. The Morgan fingerprint density at radius 2 is 0.741 bits per heavy atom. The van der Waals surface area contributed by atoms with Crippen LogP contribution in [0.4, 0.5) is 0 Å². The average Bonchev–Trinajstić information content (AvgIpc) is 2.76. The Morgan fingerprint density at radius 1 is 0.444 bits per heavy atom. The van der Waals surface area contributed by atoms with E-state index < -0.39 is 5.96 Å². The van der Waals surface area contributed by atoms with E-state index >= 15 is 0 Å². The van der Waals surface area contributed by atoms with Crippen molar-refractivity contribution in [1.29, 1.82) is 0 Å². The molecule has 0 unspecified atom stereocenters. The minimum atomic E-state index is -3.37. The molecule has 4 aromatic rings. The number of rotatable bonds is 4. The number of hydrogen-bond donors (Lipinski definition) is 0. The van der Waals surface area contributed by atoms with Crippen molar-refractivity contribution in [1.82, 2.24) is 0 Å². The standard InChI is InChI=1S/C25H22ClP/c1-21-17-19-25(20-18-21)27(26,22-11-5-2-6-12-22,23-13-7-3-8-14-23)24-15-9-4-10-16-24/h2-20H,1H3. The number of aryl methyl sites for hydroxylation is 1. The van der Waals surface area contributed by atoms with Gasteiger partial charge in [-0.3, -0.25) is 0 Å². The summed E-state index contributed by atoms with van der Waals surface area (Å²) >= 11 is 8.08. The van der Waals surface area contributed by atoms with Gasteiger partial charge in [0.15, 0.2) is 0 Å². The van der Waals surface area contributed by atoms with E-state index in [1.54, 1.807) is 0 Å². The predicted octanol–water partition coefficient (Wildman–Crippen LogP) is 5.30. The summed E-state index contributed by atoms with van der Waals surface area (Å²) in [6.45, 7) is 2.11. The van der Waals surface area contributed by atoms with Gasteiger partial charge in [-0.2, -0.15) is 0 Å². The molecule has 0 bridgehead atoms. The summed E-state index contributed by atoms with van der Waals surface area (Å²) in [4.78, 5) is 0. The van der Waals surface area contributed by atoms with Crippen LogP contribution in [-0.2, 0) is 0 Å². The van der Waals surface area contributed by atoms with Crippen LogP contribution in [0.15, 0.2) is 115 Å². The fraction of sp³-hybridized carbons (Fsp3) is 0.0400. The van der Waals surface area contributed by atoms with E-state index in [9.17, 15) is 0 Å². The molecule has 134 valence electrons. The van der Waals surface area contributed by atoms with Crippen LogP contribution in [0, 0.1) is 6.92 Å². The van der Waals surface area contributed by atoms with Crippen molar-refractivity contribution in [3.8, 4) is 0 Å². The van der Waals surface area contributed by atoms with Gasteiger partial charge in [-0.05, 0) is 0 Å². The van der Waals surface area contributed by atoms with Gasteiger partial charge in [0.1, 0.15) is 0 Å². The van der Waals surface area contributed by atoms with Crippen molar-refractivity contribution in [2.24, 2.45) is 0 Å². The van der Waals surface area contributed by atoms with E-state index in [0.717, 1.165) is 21.2 Å². The van der Waals surface area contributed by atoms with Gasteiger partial charge in [-0.25, -0.2) is 0 Å². The zero-order chi connectivity index (χ0) is 18.8. The number of hydrogen-bond acceptors (Lipinski definition) is 0. The molecule has 4 aromatic carbocycles. The molecule has 0 saturated heterocycles. The number of benzene rings is 4. The van der Waals surface area contributed by atoms with Crippen LogP contribution in [-0.4, -0.2) is 0 Å². The Hall–Kier alpha value is -2.40. The first-order chi connectivity index (χ1) is 13.1. The van der Waals surface area contributed by atoms with Gasteiger partial charge in [0.2, 0.25) is 0 Å². The van der Waals surface area contributed by atoms with Crippen molar-refractivity contribution >= 4 is 38.4 Å². The summed E-state index contributed by atoms with van der Waals surface area (Å²) in [5.74, 6) is -3.37. The topological polar surface area (TPSA) is 0 Å². The second-order valence-corrected chi connectivity index (χ2v) is 13.0. The molecule has 0 nitrogen and oxygen atoms in total. The fourth-order valence-electron chi connectivity index (χ4n) is 3.84. The molecule has 27 heavy (non-hydrogen) atoms. The molecule has 0 fully saturated rings. The summed E-state index contributed by atoms with van der Waals surface area (Å²) in [5.41, 5.74) is 1.23. The molecule has 0 heterocycles. The first kappa shape index (κ1) is 18.0. The van der Waals surface area contributed by atoms with Gasteiger partial charge >= 0.3 is 166 Å². The van der Waals surface area contributed by atoms with E-state index in [1.807, 2.05) is 18.2 Å². The van der Waals surface area contributed by atoms with Gasteiger partial charge in [-0.1, -0.05) is 0 Å². The molecule has 2 heteroatoms. The molecule has 0 amide bonds. The first-order valence-corrected chi connectivity index (χ1v) is 12.3. The minimum absolute atomic E-state index is 1.16. The molecular formula is C25H22ClP. The number of halogens is 1. The van der Waals surface area contributed by atoms with Crippen LogP contribution >= 0.6 is 17.2 Å². The fourth-order valence-corrected chi connectivity index (χ4v) is 9.89. The zero-order valence-electron chi connectivity index (χ0n) is 15.3. The normalized spacial score (nSPS) is 12.9. The Balaban J connectivity index is 2.22. The van der Waals surface area contributed by atoms with Gasteiger partial charge in [0.05, 0.1) is 0 Å². The van der Waals surface area contributed by atoms with Gasteiger partial charge in [-0.15, -0.1) is 0 Å². The molecule has 0 radical (unpaired) electrons. The Kier molecular flexibility index (Phi) is 4.64. The third-order valence-electron chi connectivity index (χ3n) is 5.24. The molecule has 0 N–H and O–H groups in total. The second kappa shape index (κ2) is 6.97. The van der Waals surface area contributed by atoms with E-state index in [0.29, 0.717) is 0 Å². The van der Waals surface area contributed by atoms with Crippen LogP contribution in [0.5, 0.6) is 0 Å². The maximum atomic E-state index is 8.08. The monoisotopic (exact) mass is 388 g/mol. The van der Waals surface area contributed by atoms with Crippen LogP contribution in [0.25, 0.3) is 0 Å². The van der Waals surface area contributed by atoms with Crippen molar-refractivity contribution in [3.63, 3.8) is 0 Å². The van der Waals surface area contributed by atoms with E-state index in [2.05, 4.69) is 104 Å². The van der Waals surface area contributed by atoms with Crippen molar-refractivity contribution < 1.29 is 0 Å². The molecule has 0 spiro atoms. The summed E-state index contributed by atoms with van der Waals surface area (Å²) in [6, 6.07) is 40.4. The molecule has 4 rings (SSSR count). The first-order valence-electron chi connectivity index (χ1n) is 9.12. The van der Waals surface area contributed by atoms with Gasteiger partial charge in [0.25, 0.3) is 0 Å². The van der Waals surface area contributed by atoms with Gasteiger partial charge < -0.3 is 0 Å². The Labute approximate surface area is 166 Å². The molecule has 0 atom stereocenters. The summed E-state index contributed by atoms with van der Waals surface area (Å²) < 4.78 is 0. The van der Waals surface area contributed by atoms with Crippen LogP contribution < -0.4 is 21.2 Å². The van der Waals surface area contributed by atoms with Crippen molar-refractivity contribution in [2.75, 3.05) is 0 Å². The van der Waals surface area contributed by atoms with Crippen LogP contribution in [0.1, 0.15) is 5.56 Å². The van der Waals surface area contributed by atoms with Crippen molar-refractivity contribution in [2.45, 2.75) is 6.92 Å². The molecule has 0 aliphatic heterocycles. The molecule has 0 aliphatic rings. The molecule has 0 saturated carbocycles. The average molecular weight is 389 g/mol. The predicted molar refractivity (Wildman–Crippen MR) is 122 cm³/mol. The Morgan fingerprint density at radius 3 is 1.07 bits per heavy atom. The van der Waals surface area contributed by atoms with Gasteiger partial charge in [0, 0.05) is 0 Å². The van der Waals surface area contributed by atoms with E-state index in [4.69, 9.17) is 11.2 Å². The molecule has 0 aliphatic carbocycles. The third kappa shape index (κ3) is 2.72. The Bertz CT molecular complexity index is 927. The summed E-state index contributed by atoms with van der Waals surface area (Å²) in [7, 11) is 0. The third-order valence-corrected chi connectivity index (χ3v) is 12.7. The maximum absolute atomic E-state index is 8.08. The van der Waals surface area contributed by atoms with E-state index in [-0.39, 0.29) is 0 Å². The van der Waals surface area contributed by atoms with E-state index in [1.165, 1.54) is 5.56 Å². The summed E-state index contributed by atoms with van der Waals surface area (Å²) in [6.07, 6.45) is 0. The summed E-state index contributed by atoms with van der Waals surface area (Å²) in [5, 5.41) is 4.64.